The van der Waals surface area contributed by atoms with Crippen LogP contribution < -0.4 is 10.6 Å². The van der Waals surface area contributed by atoms with Gasteiger partial charge in [-0.15, -0.1) is 6.58 Å². The molecule has 1 rings (SSSR count). The molecule has 0 aliphatic heterocycles. The maximum atomic E-state index is 3.66. The Labute approximate surface area is 81.8 Å². The summed E-state index contributed by atoms with van der Waals surface area (Å²) in [5, 5.41) is 6.78. The molecular formula is C11H22N2. The molecule has 0 radical (unpaired) electrons. The van der Waals surface area contributed by atoms with Gasteiger partial charge in [-0.1, -0.05) is 13.0 Å². The Morgan fingerprint density at radius 2 is 2.00 bits per heavy atom. The molecule has 0 heterocycles. The minimum Gasteiger partial charge on any atom is -0.315 e. The van der Waals surface area contributed by atoms with Crippen LogP contribution >= 0.6 is 0 Å². The fourth-order valence-corrected chi connectivity index (χ4v) is 1.57. The van der Waals surface area contributed by atoms with Crippen LogP contribution in [0.4, 0.5) is 0 Å². The summed E-state index contributed by atoms with van der Waals surface area (Å²) < 4.78 is 0. The quantitative estimate of drug-likeness (QED) is 0.439. The first kappa shape index (κ1) is 10.7. The standard InChI is InChI=1S/C11H22N2/c1-3-7-12-8-9-13-10-11(4-2)5-6-11/h3,12-13H,1,4-10H2,2H3. The average Bonchev–Trinajstić information content (AvgIpc) is 2.92. The fourth-order valence-electron chi connectivity index (χ4n) is 1.57. The van der Waals surface area contributed by atoms with Crippen LogP contribution in [-0.2, 0) is 0 Å². The van der Waals surface area contributed by atoms with E-state index in [4.69, 9.17) is 0 Å². The van der Waals surface area contributed by atoms with E-state index in [-0.39, 0.29) is 0 Å². The zero-order valence-corrected chi connectivity index (χ0v) is 8.73. The van der Waals surface area contributed by atoms with E-state index < -0.39 is 0 Å². The lowest BCUT2D eigenvalue weighted by atomic mass is 10.0. The van der Waals surface area contributed by atoms with Gasteiger partial charge in [0.25, 0.3) is 0 Å². The fraction of sp³-hybridized carbons (Fsp3) is 0.818. The van der Waals surface area contributed by atoms with E-state index in [0.717, 1.165) is 19.6 Å². The van der Waals surface area contributed by atoms with E-state index in [1.165, 1.54) is 25.8 Å². The Bertz CT molecular complexity index is 150. The molecule has 0 aromatic rings. The van der Waals surface area contributed by atoms with Gasteiger partial charge in [-0.2, -0.15) is 0 Å². The molecule has 0 atom stereocenters. The van der Waals surface area contributed by atoms with E-state index in [1.54, 1.807) is 0 Å². The molecule has 0 spiro atoms. The largest absolute Gasteiger partial charge is 0.315 e. The highest BCUT2D eigenvalue weighted by Gasteiger charge is 2.39. The normalized spacial score (nSPS) is 18.5. The molecule has 2 heteroatoms. The van der Waals surface area contributed by atoms with Crippen LogP contribution in [0.15, 0.2) is 12.7 Å². The van der Waals surface area contributed by atoms with E-state index in [0.29, 0.717) is 5.41 Å². The van der Waals surface area contributed by atoms with Crippen molar-refractivity contribution in [3.63, 3.8) is 0 Å². The van der Waals surface area contributed by atoms with E-state index in [9.17, 15) is 0 Å². The molecular weight excluding hydrogens is 160 g/mol. The van der Waals surface area contributed by atoms with Crippen LogP contribution in [0.2, 0.25) is 0 Å². The molecule has 1 aliphatic carbocycles. The maximum Gasteiger partial charge on any atom is 0.0132 e. The second-order valence-corrected chi connectivity index (χ2v) is 4.02. The molecule has 1 aliphatic rings. The summed E-state index contributed by atoms with van der Waals surface area (Å²) in [4.78, 5) is 0. The average molecular weight is 182 g/mol. The van der Waals surface area contributed by atoms with Gasteiger partial charge < -0.3 is 10.6 Å². The lowest BCUT2D eigenvalue weighted by Gasteiger charge is -2.13. The molecule has 2 N–H and O–H groups in total. The minimum absolute atomic E-state index is 0.679. The molecule has 13 heavy (non-hydrogen) atoms. The zero-order chi connectivity index (χ0) is 9.57. The Balaban J connectivity index is 1.87. The Hall–Kier alpha value is -0.340. The summed E-state index contributed by atoms with van der Waals surface area (Å²) in [6.45, 7) is 10.2. The molecule has 0 aromatic carbocycles. The molecule has 1 fully saturated rings. The van der Waals surface area contributed by atoms with E-state index >= 15 is 0 Å². The van der Waals surface area contributed by atoms with Crippen LogP contribution in [0.25, 0.3) is 0 Å². The first-order valence-corrected chi connectivity index (χ1v) is 5.35. The molecule has 0 bridgehead atoms. The highest BCUT2D eigenvalue weighted by atomic mass is 14.9. The monoisotopic (exact) mass is 182 g/mol. The van der Waals surface area contributed by atoms with Crippen molar-refractivity contribution < 1.29 is 0 Å². The third-order valence-electron chi connectivity index (χ3n) is 2.97. The van der Waals surface area contributed by atoms with Crippen LogP contribution in [0.5, 0.6) is 0 Å². The smallest absolute Gasteiger partial charge is 0.0132 e. The molecule has 2 nitrogen and oxygen atoms in total. The second-order valence-electron chi connectivity index (χ2n) is 4.02. The highest BCUT2D eigenvalue weighted by molar-refractivity contribution is 4.93. The third-order valence-corrected chi connectivity index (χ3v) is 2.97. The number of hydrogen-bond donors (Lipinski definition) is 2. The van der Waals surface area contributed by atoms with Crippen molar-refractivity contribution in [2.75, 3.05) is 26.2 Å². The number of rotatable bonds is 8. The van der Waals surface area contributed by atoms with Gasteiger partial charge in [0.05, 0.1) is 0 Å². The van der Waals surface area contributed by atoms with Gasteiger partial charge in [-0.3, -0.25) is 0 Å². The first-order valence-electron chi connectivity index (χ1n) is 5.35. The summed E-state index contributed by atoms with van der Waals surface area (Å²) in [6.07, 6.45) is 6.09. The summed E-state index contributed by atoms with van der Waals surface area (Å²) in [7, 11) is 0. The van der Waals surface area contributed by atoms with Crippen molar-refractivity contribution >= 4 is 0 Å². The molecule has 0 saturated heterocycles. The van der Waals surface area contributed by atoms with Crippen molar-refractivity contribution in [2.24, 2.45) is 5.41 Å². The Morgan fingerprint density at radius 3 is 2.54 bits per heavy atom. The lowest BCUT2D eigenvalue weighted by molar-refractivity contribution is 0.443. The molecule has 76 valence electrons. The summed E-state index contributed by atoms with van der Waals surface area (Å²) in [6, 6.07) is 0. The van der Waals surface area contributed by atoms with Crippen LogP contribution in [0.3, 0.4) is 0 Å². The Morgan fingerprint density at radius 1 is 1.31 bits per heavy atom. The van der Waals surface area contributed by atoms with Gasteiger partial charge in [0.1, 0.15) is 0 Å². The first-order chi connectivity index (χ1) is 6.33. The zero-order valence-electron chi connectivity index (χ0n) is 8.73. The number of hydrogen-bond acceptors (Lipinski definition) is 2. The molecule has 0 amide bonds. The van der Waals surface area contributed by atoms with Gasteiger partial charge in [-0.25, -0.2) is 0 Å². The van der Waals surface area contributed by atoms with Crippen molar-refractivity contribution in [3.8, 4) is 0 Å². The van der Waals surface area contributed by atoms with Gasteiger partial charge in [-0.05, 0) is 24.7 Å². The SMILES string of the molecule is C=CCNCCNCC1(CC)CC1. The highest BCUT2D eigenvalue weighted by Crippen LogP contribution is 2.47. The van der Waals surface area contributed by atoms with Gasteiger partial charge in [0, 0.05) is 26.2 Å². The molecule has 1 saturated carbocycles. The van der Waals surface area contributed by atoms with Crippen molar-refractivity contribution in [3.05, 3.63) is 12.7 Å². The predicted molar refractivity (Wildman–Crippen MR) is 57.9 cm³/mol. The maximum absolute atomic E-state index is 3.66. The Kier molecular flexibility index (Phi) is 4.46. The molecule has 0 unspecified atom stereocenters. The van der Waals surface area contributed by atoms with Gasteiger partial charge in [0.15, 0.2) is 0 Å². The second kappa shape index (κ2) is 5.40. The third kappa shape index (κ3) is 3.92. The van der Waals surface area contributed by atoms with Crippen LogP contribution in [0, 0.1) is 5.41 Å². The number of nitrogens with one attached hydrogen (secondary N) is 2. The van der Waals surface area contributed by atoms with E-state index in [1.807, 2.05) is 6.08 Å². The lowest BCUT2D eigenvalue weighted by Crippen LogP contribution is -2.31. The van der Waals surface area contributed by atoms with Crippen molar-refractivity contribution in [2.45, 2.75) is 26.2 Å². The van der Waals surface area contributed by atoms with E-state index in [2.05, 4.69) is 24.1 Å². The molecule has 0 aromatic heterocycles. The van der Waals surface area contributed by atoms with Crippen LogP contribution in [0.1, 0.15) is 26.2 Å². The minimum atomic E-state index is 0.679. The van der Waals surface area contributed by atoms with Gasteiger partial charge in [0.2, 0.25) is 0 Å². The predicted octanol–water partition coefficient (Wildman–Crippen LogP) is 1.54. The van der Waals surface area contributed by atoms with Gasteiger partial charge >= 0.3 is 0 Å². The van der Waals surface area contributed by atoms with Crippen molar-refractivity contribution in [1.82, 2.24) is 10.6 Å². The van der Waals surface area contributed by atoms with Crippen LogP contribution in [-0.4, -0.2) is 26.2 Å². The van der Waals surface area contributed by atoms with Crippen molar-refractivity contribution in [1.29, 1.82) is 0 Å². The summed E-state index contributed by atoms with van der Waals surface area (Å²) in [5.74, 6) is 0. The topological polar surface area (TPSA) is 24.1 Å². The summed E-state index contributed by atoms with van der Waals surface area (Å²) >= 11 is 0. The summed E-state index contributed by atoms with van der Waals surface area (Å²) in [5.41, 5.74) is 0.679.